The van der Waals surface area contributed by atoms with Crippen LogP contribution in [0.4, 0.5) is 18.9 Å². The van der Waals surface area contributed by atoms with Gasteiger partial charge >= 0.3 is 19.4 Å². The number of alkyl halides is 3. The number of rotatable bonds is 10. The Morgan fingerprint density at radius 1 is 1.12 bits per heavy atom. The molecule has 0 saturated carbocycles. The predicted octanol–water partition coefficient (Wildman–Crippen LogP) is 7.01. The van der Waals surface area contributed by atoms with Gasteiger partial charge in [-0.2, -0.15) is 13.2 Å². The summed E-state index contributed by atoms with van der Waals surface area (Å²) < 4.78 is 68.0. The smallest absolute Gasteiger partial charge is 0.416 e. The average molecular weight is 511 g/mol. The lowest BCUT2D eigenvalue weighted by atomic mass is 10.2. The highest BCUT2D eigenvalue weighted by Crippen LogP contribution is 2.46. The summed E-state index contributed by atoms with van der Waals surface area (Å²) in [7, 11) is -3.52. The van der Waals surface area contributed by atoms with Crippen LogP contribution in [0.3, 0.4) is 0 Å². The SMILES string of the molecule is CC(C)NP(=O)(COc1cc(Oc2ccc(C(F)(F)F)cc2Cl)ccc1[N+](=O)[O-])OC(C)C. The Morgan fingerprint density at radius 3 is 2.30 bits per heavy atom. The molecule has 0 bridgehead atoms. The molecule has 2 aromatic rings. The van der Waals surface area contributed by atoms with Crippen LogP contribution in [-0.4, -0.2) is 23.4 Å². The highest BCUT2D eigenvalue weighted by molar-refractivity contribution is 7.56. The third kappa shape index (κ3) is 7.89. The van der Waals surface area contributed by atoms with Crippen molar-refractivity contribution in [1.29, 1.82) is 0 Å². The van der Waals surface area contributed by atoms with Gasteiger partial charge in [0.25, 0.3) is 0 Å². The fourth-order valence-electron chi connectivity index (χ4n) is 2.70. The third-order valence-corrected chi connectivity index (χ3v) is 6.28. The molecular weight excluding hydrogens is 488 g/mol. The fraction of sp³-hybridized carbons (Fsp3) is 0.400. The second-order valence-corrected chi connectivity index (χ2v) is 10.00. The molecule has 0 aliphatic heterocycles. The van der Waals surface area contributed by atoms with Crippen molar-refractivity contribution in [2.24, 2.45) is 0 Å². The minimum atomic E-state index is -4.58. The number of nitro groups is 1. The Balaban J connectivity index is 2.31. The molecule has 0 spiro atoms. The number of hydrogen-bond acceptors (Lipinski definition) is 6. The second kappa shape index (κ2) is 10.7. The Kier molecular flexibility index (Phi) is 8.75. The summed E-state index contributed by atoms with van der Waals surface area (Å²) >= 11 is 5.90. The van der Waals surface area contributed by atoms with Gasteiger partial charge in [0.1, 0.15) is 11.5 Å². The molecule has 0 radical (unpaired) electrons. The molecule has 1 N–H and O–H groups in total. The molecule has 2 aromatic carbocycles. The molecule has 2 rings (SSSR count). The first-order chi connectivity index (χ1) is 15.2. The number of nitrogens with zero attached hydrogens (tertiary/aromatic N) is 1. The maximum Gasteiger partial charge on any atom is 0.416 e. The zero-order chi connectivity index (χ0) is 25.0. The van der Waals surface area contributed by atoms with Crippen molar-refractivity contribution in [1.82, 2.24) is 5.09 Å². The van der Waals surface area contributed by atoms with E-state index in [-0.39, 0.29) is 28.3 Å². The van der Waals surface area contributed by atoms with E-state index in [4.69, 9.17) is 25.6 Å². The van der Waals surface area contributed by atoms with Crippen LogP contribution in [0, 0.1) is 10.1 Å². The Labute approximate surface area is 193 Å². The van der Waals surface area contributed by atoms with Gasteiger partial charge in [-0.15, -0.1) is 0 Å². The monoisotopic (exact) mass is 510 g/mol. The van der Waals surface area contributed by atoms with Gasteiger partial charge in [0.2, 0.25) is 5.75 Å². The summed E-state index contributed by atoms with van der Waals surface area (Å²) in [5.41, 5.74) is -1.38. The van der Waals surface area contributed by atoms with Crippen LogP contribution in [0.25, 0.3) is 0 Å². The van der Waals surface area contributed by atoms with Gasteiger partial charge in [0, 0.05) is 18.2 Å². The van der Waals surface area contributed by atoms with E-state index in [9.17, 15) is 27.9 Å². The van der Waals surface area contributed by atoms with E-state index >= 15 is 0 Å². The van der Waals surface area contributed by atoms with Gasteiger partial charge in [-0.3, -0.25) is 14.7 Å². The van der Waals surface area contributed by atoms with Gasteiger partial charge in [-0.1, -0.05) is 11.6 Å². The largest absolute Gasteiger partial charge is 0.475 e. The van der Waals surface area contributed by atoms with Crippen molar-refractivity contribution in [3.05, 3.63) is 57.1 Å². The molecule has 1 atom stereocenters. The van der Waals surface area contributed by atoms with Crippen LogP contribution in [0.2, 0.25) is 5.02 Å². The summed E-state index contributed by atoms with van der Waals surface area (Å²) in [4.78, 5) is 10.7. The number of nitro benzene ring substituents is 1. The van der Waals surface area contributed by atoms with Gasteiger partial charge in [0.15, 0.2) is 6.35 Å². The van der Waals surface area contributed by atoms with Crippen molar-refractivity contribution < 1.29 is 36.7 Å². The molecule has 0 aliphatic rings. The Hall–Kier alpha value is -2.33. The fourth-order valence-corrected chi connectivity index (χ4v) is 4.89. The minimum Gasteiger partial charge on any atom is -0.475 e. The van der Waals surface area contributed by atoms with Crippen LogP contribution >= 0.6 is 19.1 Å². The Morgan fingerprint density at radius 2 is 1.79 bits per heavy atom. The highest BCUT2D eigenvalue weighted by atomic mass is 35.5. The lowest BCUT2D eigenvalue weighted by Crippen LogP contribution is -2.25. The molecule has 0 aliphatic carbocycles. The molecule has 0 fully saturated rings. The molecule has 13 heteroatoms. The van der Waals surface area contributed by atoms with Gasteiger partial charge in [-0.25, -0.2) is 5.09 Å². The van der Waals surface area contributed by atoms with Crippen molar-refractivity contribution in [3.63, 3.8) is 0 Å². The number of nitrogens with one attached hydrogen (secondary N) is 1. The van der Waals surface area contributed by atoms with E-state index in [1.807, 2.05) is 0 Å². The zero-order valence-electron chi connectivity index (χ0n) is 18.2. The molecular formula is C20H23ClF3N2O6P. The van der Waals surface area contributed by atoms with Gasteiger partial charge < -0.3 is 14.0 Å². The molecule has 0 heterocycles. The topological polar surface area (TPSA) is 99.9 Å². The van der Waals surface area contributed by atoms with Crippen molar-refractivity contribution >= 4 is 24.8 Å². The normalized spacial score (nSPS) is 13.8. The minimum absolute atomic E-state index is 0.00804. The average Bonchev–Trinajstić information content (AvgIpc) is 2.66. The second-order valence-electron chi connectivity index (χ2n) is 7.52. The van der Waals surface area contributed by atoms with Crippen molar-refractivity contribution in [2.45, 2.75) is 46.0 Å². The van der Waals surface area contributed by atoms with E-state index in [2.05, 4.69) is 5.09 Å². The summed E-state index contributed by atoms with van der Waals surface area (Å²) in [6, 6.07) is 5.79. The van der Waals surface area contributed by atoms with E-state index in [0.29, 0.717) is 6.07 Å². The highest BCUT2D eigenvalue weighted by Gasteiger charge is 2.31. The molecule has 1 unspecified atom stereocenters. The van der Waals surface area contributed by atoms with E-state index in [1.54, 1.807) is 27.7 Å². The van der Waals surface area contributed by atoms with Crippen LogP contribution in [0.15, 0.2) is 36.4 Å². The first-order valence-electron chi connectivity index (χ1n) is 9.71. The maximum absolute atomic E-state index is 13.1. The van der Waals surface area contributed by atoms with Crippen molar-refractivity contribution in [2.75, 3.05) is 6.35 Å². The lowest BCUT2D eigenvalue weighted by molar-refractivity contribution is -0.385. The lowest BCUT2D eigenvalue weighted by Gasteiger charge is -2.24. The van der Waals surface area contributed by atoms with E-state index in [0.717, 1.165) is 24.3 Å². The summed E-state index contributed by atoms with van der Waals surface area (Å²) in [6.07, 6.45) is -5.49. The number of hydrogen-bond donors (Lipinski definition) is 1. The van der Waals surface area contributed by atoms with Crippen LogP contribution in [0.5, 0.6) is 17.2 Å². The van der Waals surface area contributed by atoms with E-state index < -0.39 is 42.3 Å². The molecule has 0 aromatic heterocycles. The maximum atomic E-state index is 13.1. The summed E-state index contributed by atoms with van der Waals surface area (Å²) in [6.45, 7) is 6.86. The van der Waals surface area contributed by atoms with Crippen molar-refractivity contribution in [3.8, 4) is 17.2 Å². The van der Waals surface area contributed by atoms with Crippen LogP contribution in [-0.2, 0) is 15.3 Å². The Bertz CT molecular complexity index is 1030. The summed E-state index contributed by atoms with van der Waals surface area (Å²) in [5, 5.41) is 13.9. The zero-order valence-corrected chi connectivity index (χ0v) is 19.8. The standard InChI is InChI=1S/C20H23ClF3N2O6P/c1-12(2)25-33(29,32-13(3)4)11-30-19-10-15(6-7-17(19)26(27)28)31-18-8-5-14(9-16(18)21)20(22,23)24/h5-10,12-13H,11H2,1-4H3,(H,25,29). The molecule has 8 nitrogen and oxygen atoms in total. The van der Waals surface area contributed by atoms with Crippen LogP contribution in [0.1, 0.15) is 33.3 Å². The molecule has 182 valence electrons. The molecule has 33 heavy (non-hydrogen) atoms. The third-order valence-electron chi connectivity index (χ3n) is 3.84. The molecule has 0 saturated heterocycles. The van der Waals surface area contributed by atoms with E-state index in [1.165, 1.54) is 6.07 Å². The predicted molar refractivity (Wildman–Crippen MR) is 117 cm³/mol. The van der Waals surface area contributed by atoms with Gasteiger partial charge in [-0.05, 0) is 52.0 Å². The molecule has 0 amide bonds. The first-order valence-corrected chi connectivity index (χ1v) is 11.9. The number of ether oxygens (including phenoxy) is 2. The number of halogens is 4. The summed E-state index contributed by atoms with van der Waals surface area (Å²) in [5.74, 6) is -0.355. The quantitative estimate of drug-likeness (QED) is 0.208. The first kappa shape index (κ1) is 26.9. The van der Waals surface area contributed by atoms with Gasteiger partial charge in [0.05, 0.1) is 21.6 Å². The number of benzene rings is 2. The van der Waals surface area contributed by atoms with Crippen LogP contribution < -0.4 is 14.6 Å².